The fourth-order valence-corrected chi connectivity index (χ4v) is 2.97. The highest BCUT2D eigenvalue weighted by Crippen LogP contribution is 2.33. The summed E-state index contributed by atoms with van der Waals surface area (Å²) >= 11 is 0. The summed E-state index contributed by atoms with van der Waals surface area (Å²) in [6.07, 6.45) is 3.61. The number of rotatable bonds is 3. The lowest BCUT2D eigenvalue weighted by Gasteiger charge is -2.08. The third kappa shape index (κ3) is 2.50. The standard InChI is InChI=1S/C21H17N3/c1-16-20(17-12-14-22-15-13-17)23-24(19-10-6-3-7-11-19)21(16)18-8-4-2-5-9-18/h2-15H,1H3. The van der Waals surface area contributed by atoms with Crippen LogP contribution in [-0.2, 0) is 0 Å². The molecule has 2 aromatic carbocycles. The van der Waals surface area contributed by atoms with Gasteiger partial charge in [0.25, 0.3) is 0 Å². The van der Waals surface area contributed by atoms with Gasteiger partial charge >= 0.3 is 0 Å². The average Bonchev–Trinajstić information content (AvgIpc) is 3.01. The first-order valence-electron chi connectivity index (χ1n) is 7.95. The molecule has 24 heavy (non-hydrogen) atoms. The number of hydrogen-bond acceptors (Lipinski definition) is 2. The molecule has 0 atom stereocenters. The molecule has 2 heterocycles. The van der Waals surface area contributed by atoms with Crippen LogP contribution in [0.2, 0.25) is 0 Å². The Bertz CT molecular complexity index is 943. The molecule has 3 nitrogen and oxygen atoms in total. The summed E-state index contributed by atoms with van der Waals surface area (Å²) in [4.78, 5) is 4.11. The first kappa shape index (κ1) is 14.4. The van der Waals surface area contributed by atoms with E-state index in [-0.39, 0.29) is 0 Å². The second kappa shape index (κ2) is 6.13. The van der Waals surface area contributed by atoms with Crippen LogP contribution in [0, 0.1) is 6.92 Å². The van der Waals surface area contributed by atoms with E-state index in [1.807, 2.05) is 41.1 Å². The molecule has 4 aromatic rings. The fourth-order valence-electron chi connectivity index (χ4n) is 2.97. The van der Waals surface area contributed by atoms with Crippen molar-refractivity contribution in [3.05, 3.63) is 90.8 Å². The Morgan fingerprint density at radius 3 is 2.00 bits per heavy atom. The predicted octanol–water partition coefficient (Wildman–Crippen LogP) is 4.91. The Morgan fingerprint density at radius 2 is 1.33 bits per heavy atom. The van der Waals surface area contributed by atoms with E-state index in [1.54, 1.807) is 12.4 Å². The number of nitrogens with zero attached hydrogens (tertiary/aromatic N) is 3. The summed E-state index contributed by atoms with van der Waals surface area (Å²) in [5, 5.41) is 4.92. The number of aromatic nitrogens is 3. The highest BCUT2D eigenvalue weighted by Gasteiger charge is 2.18. The Kier molecular flexibility index (Phi) is 3.67. The van der Waals surface area contributed by atoms with Crippen LogP contribution in [0.15, 0.2) is 85.2 Å². The monoisotopic (exact) mass is 311 g/mol. The predicted molar refractivity (Wildman–Crippen MR) is 97.0 cm³/mol. The van der Waals surface area contributed by atoms with Crippen LogP contribution in [0.3, 0.4) is 0 Å². The average molecular weight is 311 g/mol. The van der Waals surface area contributed by atoms with E-state index < -0.39 is 0 Å². The van der Waals surface area contributed by atoms with Crippen LogP contribution in [0.1, 0.15) is 5.56 Å². The lowest BCUT2D eigenvalue weighted by molar-refractivity contribution is 0.891. The van der Waals surface area contributed by atoms with E-state index in [9.17, 15) is 0 Å². The smallest absolute Gasteiger partial charge is 0.0964 e. The van der Waals surface area contributed by atoms with Crippen LogP contribution >= 0.6 is 0 Å². The number of pyridine rings is 1. The van der Waals surface area contributed by atoms with E-state index in [0.717, 1.165) is 33.8 Å². The summed E-state index contributed by atoms with van der Waals surface area (Å²) < 4.78 is 2.03. The molecule has 0 aliphatic heterocycles. The summed E-state index contributed by atoms with van der Waals surface area (Å²) in [6.45, 7) is 2.13. The Labute approximate surface area is 141 Å². The quantitative estimate of drug-likeness (QED) is 0.538. The first-order chi connectivity index (χ1) is 11.8. The molecular weight excluding hydrogens is 294 g/mol. The molecule has 0 aliphatic rings. The van der Waals surface area contributed by atoms with E-state index in [4.69, 9.17) is 5.10 Å². The van der Waals surface area contributed by atoms with Crippen molar-refractivity contribution in [2.45, 2.75) is 6.92 Å². The minimum atomic E-state index is 0.986. The second-order valence-corrected chi connectivity index (χ2v) is 5.67. The first-order valence-corrected chi connectivity index (χ1v) is 7.95. The summed E-state index contributed by atoms with van der Waals surface area (Å²) in [5.74, 6) is 0. The van der Waals surface area contributed by atoms with Gasteiger partial charge in [0.05, 0.1) is 17.1 Å². The van der Waals surface area contributed by atoms with E-state index in [0.29, 0.717) is 0 Å². The van der Waals surface area contributed by atoms with E-state index in [1.165, 1.54) is 0 Å². The van der Waals surface area contributed by atoms with Gasteiger partial charge in [-0.15, -0.1) is 0 Å². The molecule has 0 saturated heterocycles. The molecule has 4 rings (SSSR count). The van der Waals surface area contributed by atoms with Gasteiger partial charge in [0.1, 0.15) is 0 Å². The molecule has 0 unspecified atom stereocenters. The molecule has 2 aromatic heterocycles. The molecule has 0 spiro atoms. The van der Waals surface area contributed by atoms with Gasteiger partial charge in [-0.25, -0.2) is 4.68 Å². The number of para-hydroxylation sites is 1. The van der Waals surface area contributed by atoms with Crippen LogP contribution in [0.4, 0.5) is 0 Å². The lowest BCUT2D eigenvalue weighted by atomic mass is 10.0. The zero-order valence-corrected chi connectivity index (χ0v) is 13.4. The normalized spacial score (nSPS) is 10.7. The van der Waals surface area contributed by atoms with Gasteiger partial charge in [-0.3, -0.25) is 4.98 Å². The molecule has 3 heteroatoms. The van der Waals surface area contributed by atoms with Gasteiger partial charge in [0, 0.05) is 29.1 Å². The third-order valence-corrected chi connectivity index (χ3v) is 4.12. The summed E-state index contributed by atoms with van der Waals surface area (Å²) in [6, 6.07) is 24.6. The SMILES string of the molecule is Cc1c(-c2ccncc2)nn(-c2ccccc2)c1-c1ccccc1. The molecule has 0 fully saturated rings. The van der Waals surface area contributed by atoms with E-state index in [2.05, 4.69) is 48.3 Å². The molecule has 0 aliphatic carbocycles. The van der Waals surface area contributed by atoms with E-state index >= 15 is 0 Å². The van der Waals surface area contributed by atoms with Crippen molar-refractivity contribution in [3.63, 3.8) is 0 Å². The Hall–Kier alpha value is -3.20. The maximum atomic E-state index is 4.92. The van der Waals surface area contributed by atoms with Crippen molar-refractivity contribution >= 4 is 0 Å². The maximum Gasteiger partial charge on any atom is 0.0964 e. The highest BCUT2D eigenvalue weighted by atomic mass is 15.3. The molecular formula is C21H17N3. The molecule has 116 valence electrons. The topological polar surface area (TPSA) is 30.7 Å². The molecule has 0 N–H and O–H groups in total. The van der Waals surface area contributed by atoms with Crippen molar-refractivity contribution in [3.8, 4) is 28.2 Å². The van der Waals surface area contributed by atoms with Gasteiger partial charge in [0.2, 0.25) is 0 Å². The van der Waals surface area contributed by atoms with Crippen molar-refractivity contribution in [2.75, 3.05) is 0 Å². The van der Waals surface area contributed by atoms with Crippen LogP contribution < -0.4 is 0 Å². The van der Waals surface area contributed by atoms with Crippen molar-refractivity contribution < 1.29 is 0 Å². The molecule has 0 amide bonds. The van der Waals surface area contributed by atoms with Crippen molar-refractivity contribution in [1.29, 1.82) is 0 Å². The Balaban J connectivity index is 1.99. The fraction of sp³-hybridized carbons (Fsp3) is 0.0476. The minimum absolute atomic E-state index is 0.986. The van der Waals surface area contributed by atoms with Gasteiger partial charge in [-0.2, -0.15) is 5.10 Å². The third-order valence-electron chi connectivity index (χ3n) is 4.12. The molecule has 0 radical (unpaired) electrons. The lowest BCUT2D eigenvalue weighted by Crippen LogP contribution is -1.99. The minimum Gasteiger partial charge on any atom is -0.265 e. The largest absolute Gasteiger partial charge is 0.265 e. The molecule has 0 bridgehead atoms. The zero-order chi connectivity index (χ0) is 16.4. The summed E-state index contributed by atoms with van der Waals surface area (Å²) in [7, 11) is 0. The number of hydrogen-bond donors (Lipinski definition) is 0. The highest BCUT2D eigenvalue weighted by molar-refractivity contribution is 5.75. The van der Waals surface area contributed by atoms with Crippen molar-refractivity contribution in [2.24, 2.45) is 0 Å². The zero-order valence-electron chi connectivity index (χ0n) is 13.4. The molecule has 0 saturated carbocycles. The maximum absolute atomic E-state index is 4.92. The Morgan fingerprint density at radius 1 is 0.708 bits per heavy atom. The second-order valence-electron chi connectivity index (χ2n) is 5.67. The van der Waals surface area contributed by atoms with Gasteiger partial charge in [0.15, 0.2) is 0 Å². The summed E-state index contributed by atoms with van der Waals surface area (Å²) in [5.41, 5.74) is 6.56. The number of benzene rings is 2. The van der Waals surface area contributed by atoms with Crippen LogP contribution in [0.25, 0.3) is 28.2 Å². The van der Waals surface area contributed by atoms with Crippen molar-refractivity contribution in [1.82, 2.24) is 14.8 Å². The van der Waals surface area contributed by atoms with Crippen LogP contribution in [0.5, 0.6) is 0 Å². The van der Waals surface area contributed by atoms with Gasteiger partial charge in [-0.05, 0) is 31.2 Å². The van der Waals surface area contributed by atoms with Gasteiger partial charge in [-0.1, -0.05) is 48.5 Å². The van der Waals surface area contributed by atoms with Gasteiger partial charge < -0.3 is 0 Å². The van der Waals surface area contributed by atoms with Crippen LogP contribution in [-0.4, -0.2) is 14.8 Å².